The average Bonchev–Trinajstić information content (AvgIpc) is 3.12. The van der Waals surface area contributed by atoms with Crippen molar-refractivity contribution < 1.29 is 14.3 Å². The second-order valence-corrected chi connectivity index (χ2v) is 6.04. The lowest BCUT2D eigenvalue weighted by atomic mass is 10.2. The van der Waals surface area contributed by atoms with Crippen LogP contribution in [0.3, 0.4) is 0 Å². The van der Waals surface area contributed by atoms with E-state index in [0.29, 0.717) is 24.8 Å². The predicted molar refractivity (Wildman–Crippen MR) is 98.6 cm³/mol. The quantitative estimate of drug-likeness (QED) is 0.550. The number of rotatable bonds is 9. The van der Waals surface area contributed by atoms with Crippen LogP contribution in [0.25, 0.3) is 0 Å². The van der Waals surface area contributed by atoms with Crippen LogP contribution >= 0.6 is 11.3 Å². The van der Waals surface area contributed by atoms with E-state index < -0.39 is 5.97 Å². The number of thiazole rings is 1. The van der Waals surface area contributed by atoms with E-state index in [4.69, 9.17) is 4.74 Å². The average molecular weight is 359 g/mol. The molecular weight excluding hydrogens is 338 g/mol. The molecule has 0 bridgehead atoms. The Morgan fingerprint density at radius 2 is 2.12 bits per heavy atom. The fourth-order valence-electron chi connectivity index (χ4n) is 2.08. The van der Waals surface area contributed by atoms with Crippen molar-refractivity contribution >= 4 is 28.3 Å². The van der Waals surface area contributed by atoms with Gasteiger partial charge < -0.3 is 15.0 Å². The lowest BCUT2D eigenvalue weighted by Gasteiger charge is -2.20. The molecule has 1 aromatic carbocycles. The van der Waals surface area contributed by atoms with Crippen LogP contribution in [0.5, 0.6) is 0 Å². The number of hydrogen-bond donors (Lipinski definition) is 1. The second kappa shape index (κ2) is 9.58. The monoisotopic (exact) mass is 359 g/mol. The Kier molecular flexibility index (Phi) is 7.16. The van der Waals surface area contributed by atoms with Gasteiger partial charge in [0.25, 0.3) is 5.91 Å². The molecule has 0 unspecified atom stereocenters. The zero-order chi connectivity index (χ0) is 18.1. The number of aromatic nitrogens is 1. The Hall–Kier alpha value is -2.67. The smallest absolute Gasteiger partial charge is 0.358 e. The molecule has 1 N–H and O–H groups in total. The Morgan fingerprint density at radius 3 is 2.80 bits per heavy atom. The van der Waals surface area contributed by atoms with Gasteiger partial charge in [0.1, 0.15) is 0 Å². The van der Waals surface area contributed by atoms with E-state index in [1.807, 2.05) is 37.3 Å². The third-order valence-corrected chi connectivity index (χ3v) is 4.19. The fourth-order valence-corrected chi connectivity index (χ4v) is 2.77. The highest BCUT2D eigenvalue weighted by Gasteiger charge is 2.17. The first-order valence-corrected chi connectivity index (χ1v) is 8.81. The molecule has 6 nitrogen and oxygen atoms in total. The van der Waals surface area contributed by atoms with Gasteiger partial charge in [0.15, 0.2) is 17.4 Å². The van der Waals surface area contributed by atoms with Crippen LogP contribution in [0.2, 0.25) is 0 Å². The van der Waals surface area contributed by atoms with Gasteiger partial charge in [-0.3, -0.25) is 4.79 Å². The molecule has 2 rings (SSSR count). The molecule has 1 heterocycles. The highest BCUT2D eigenvalue weighted by atomic mass is 32.1. The number of esters is 1. The number of benzene rings is 1. The summed E-state index contributed by atoms with van der Waals surface area (Å²) in [7, 11) is 0. The van der Waals surface area contributed by atoms with E-state index in [1.165, 1.54) is 11.3 Å². The van der Waals surface area contributed by atoms with Crippen molar-refractivity contribution in [1.82, 2.24) is 9.88 Å². The standard InChI is InChI=1S/C18H21N3O3S/c1-3-10-19-18-20-15(13-25-18)17(23)24-12-16(22)21(4-2)11-14-8-6-5-7-9-14/h3,5-9,13H,1,4,10-12H2,2H3,(H,19,20). The van der Waals surface area contributed by atoms with Crippen molar-refractivity contribution in [3.63, 3.8) is 0 Å². The predicted octanol–water partition coefficient (Wildman–Crippen LogP) is 2.95. The first kappa shape index (κ1) is 18.7. The van der Waals surface area contributed by atoms with Crippen molar-refractivity contribution in [1.29, 1.82) is 0 Å². The van der Waals surface area contributed by atoms with Crippen LogP contribution in [-0.4, -0.2) is 41.5 Å². The molecule has 0 fully saturated rings. The zero-order valence-electron chi connectivity index (χ0n) is 14.1. The van der Waals surface area contributed by atoms with Crippen molar-refractivity contribution in [3.8, 4) is 0 Å². The van der Waals surface area contributed by atoms with Gasteiger partial charge in [0.2, 0.25) is 0 Å². The van der Waals surface area contributed by atoms with Gasteiger partial charge in [-0.25, -0.2) is 9.78 Å². The van der Waals surface area contributed by atoms with E-state index in [1.54, 1.807) is 16.4 Å². The summed E-state index contributed by atoms with van der Waals surface area (Å²) in [4.78, 5) is 30.0. The van der Waals surface area contributed by atoms with Gasteiger partial charge in [-0.2, -0.15) is 0 Å². The molecule has 0 aliphatic carbocycles. The molecule has 0 atom stereocenters. The summed E-state index contributed by atoms with van der Waals surface area (Å²) in [5.74, 6) is -0.841. The number of likely N-dealkylation sites (N-methyl/N-ethyl adjacent to an activating group) is 1. The Bertz CT molecular complexity index is 715. The number of amides is 1. The van der Waals surface area contributed by atoms with Gasteiger partial charge in [0.05, 0.1) is 0 Å². The largest absolute Gasteiger partial charge is 0.451 e. The lowest BCUT2D eigenvalue weighted by Crippen LogP contribution is -2.34. The highest BCUT2D eigenvalue weighted by molar-refractivity contribution is 7.13. The lowest BCUT2D eigenvalue weighted by molar-refractivity contribution is -0.134. The van der Waals surface area contributed by atoms with Gasteiger partial charge in [-0.15, -0.1) is 17.9 Å². The minimum atomic E-state index is -0.605. The van der Waals surface area contributed by atoms with Gasteiger partial charge in [-0.05, 0) is 12.5 Å². The number of hydrogen-bond acceptors (Lipinski definition) is 6. The van der Waals surface area contributed by atoms with Crippen molar-refractivity contribution in [2.45, 2.75) is 13.5 Å². The maximum Gasteiger partial charge on any atom is 0.358 e. The van der Waals surface area contributed by atoms with Crippen LogP contribution in [0.1, 0.15) is 23.0 Å². The maximum absolute atomic E-state index is 12.3. The summed E-state index contributed by atoms with van der Waals surface area (Å²) in [5, 5.41) is 5.20. The van der Waals surface area contributed by atoms with Crippen molar-refractivity contribution in [2.75, 3.05) is 25.0 Å². The van der Waals surface area contributed by atoms with Crippen LogP contribution in [0, 0.1) is 0 Å². The molecule has 2 aromatic rings. The highest BCUT2D eigenvalue weighted by Crippen LogP contribution is 2.16. The fraction of sp³-hybridized carbons (Fsp3) is 0.278. The van der Waals surface area contributed by atoms with E-state index in [9.17, 15) is 9.59 Å². The molecular formula is C18H21N3O3S. The maximum atomic E-state index is 12.3. The first-order valence-electron chi connectivity index (χ1n) is 7.93. The number of ether oxygens (including phenoxy) is 1. The minimum absolute atomic E-state index is 0.190. The third-order valence-electron chi connectivity index (χ3n) is 3.39. The Balaban J connectivity index is 1.86. The van der Waals surface area contributed by atoms with Crippen LogP contribution < -0.4 is 5.32 Å². The molecule has 7 heteroatoms. The molecule has 1 amide bonds. The SMILES string of the molecule is C=CCNc1nc(C(=O)OCC(=O)N(CC)Cc2ccccc2)cs1. The molecule has 0 saturated heterocycles. The summed E-state index contributed by atoms with van der Waals surface area (Å²) < 4.78 is 5.09. The topological polar surface area (TPSA) is 71.5 Å². The van der Waals surface area contributed by atoms with E-state index in [-0.39, 0.29) is 18.2 Å². The summed E-state index contributed by atoms with van der Waals surface area (Å²) in [6.45, 7) is 6.78. The summed E-state index contributed by atoms with van der Waals surface area (Å²) in [6.07, 6.45) is 1.70. The number of anilines is 1. The van der Waals surface area contributed by atoms with Gasteiger partial charge in [0, 0.05) is 25.0 Å². The second-order valence-electron chi connectivity index (χ2n) is 5.18. The molecule has 0 aliphatic rings. The van der Waals surface area contributed by atoms with Gasteiger partial charge in [-0.1, -0.05) is 36.4 Å². The van der Waals surface area contributed by atoms with Crippen molar-refractivity contribution in [2.24, 2.45) is 0 Å². The Morgan fingerprint density at radius 1 is 1.36 bits per heavy atom. The van der Waals surface area contributed by atoms with E-state index >= 15 is 0 Å². The summed E-state index contributed by atoms with van der Waals surface area (Å²) in [5.41, 5.74) is 1.22. The van der Waals surface area contributed by atoms with E-state index in [0.717, 1.165) is 5.56 Å². The minimum Gasteiger partial charge on any atom is -0.451 e. The molecule has 1 aromatic heterocycles. The number of carbonyl (C=O) groups is 2. The van der Waals surface area contributed by atoms with E-state index in [2.05, 4.69) is 16.9 Å². The third kappa shape index (κ3) is 5.72. The van der Waals surface area contributed by atoms with Gasteiger partial charge >= 0.3 is 5.97 Å². The Labute approximate surface area is 151 Å². The molecule has 0 spiro atoms. The molecule has 25 heavy (non-hydrogen) atoms. The van der Waals surface area contributed by atoms with Crippen LogP contribution in [0.4, 0.5) is 5.13 Å². The number of nitrogens with one attached hydrogen (secondary N) is 1. The molecule has 0 saturated carbocycles. The molecule has 0 aliphatic heterocycles. The van der Waals surface area contributed by atoms with Crippen LogP contribution in [-0.2, 0) is 16.1 Å². The summed E-state index contributed by atoms with van der Waals surface area (Å²) in [6, 6.07) is 9.68. The normalized spacial score (nSPS) is 10.1. The summed E-state index contributed by atoms with van der Waals surface area (Å²) >= 11 is 1.30. The zero-order valence-corrected chi connectivity index (χ0v) is 14.9. The van der Waals surface area contributed by atoms with Crippen molar-refractivity contribution in [3.05, 3.63) is 59.6 Å². The van der Waals surface area contributed by atoms with Crippen LogP contribution in [0.15, 0.2) is 48.4 Å². The first-order chi connectivity index (χ1) is 12.1. The molecule has 0 radical (unpaired) electrons. The molecule has 132 valence electrons. The number of carbonyl (C=O) groups excluding carboxylic acids is 2. The number of nitrogens with zero attached hydrogens (tertiary/aromatic N) is 2.